The van der Waals surface area contributed by atoms with Gasteiger partial charge in [-0.2, -0.15) is 0 Å². The predicted octanol–water partition coefficient (Wildman–Crippen LogP) is 1.87. The Morgan fingerprint density at radius 1 is 1.45 bits per heavy atom. The van der Waals surface area contributed by atoms with Crippen molar-refractivity contribution in [1.82, 2.24) is 4.90 Å². The van der Waals surface area contributed by atoms with E-state index in [1.165, 1.54) is 0 Å². The second kappa shape index (κ2) is 7.87. The topological polar surface area (TPSA) is 67.6 Å². The van der Waals surface area contributed by atoms with E-state index < -0.39 is 0 Å². The van der Waals surface area contributed by atoms with Crippen LogP contribution in [0.5, 0.6) is 0 Å². The Kier molecular flexibility index (Phi) is 6.48. The standard InChI is InChI=1S/C15H25N3O2/c1-11(2)18(7-8-20-4)10-15(19)17-13-6-5-12(3)14(16)9-13/h5-6,9,11H,7-8,10,16H2,1-4H3,(H,17,19). The van der Waals surface area contributed by atoms with Crippen LogP contribution in [0.1, 0.15) is 19.4 Å². The summed E-state index contributed by atoms with van der Waals surface area (Å²) in [6, 6.07) is 5.83. The smallest absolute Gasteiger partial charge is 0.238 e. The highest BCUT2D eigenvalue weighted by molar-refractivity contribution is 5.92. The van der Waals surface area contributed by atoms with E-state index in [0.29, 0.717) is 24.9 Å². The number of rotatable bonds is 7. The van der Waals surface area contributed by atoms with Crippen LogP contribution < -0.4 is 11.1 Å². The molecule has 0 heterocycles. The number of methoxy groups -OCH3 is 1. The van der Waals surface area contributed by atoms with E-state index in [2.05, 4.69) is 24.1 Å². The summed E-state index contributed by atoms with van der Waals surface area (Å²) in [7, 11) is 1.66. The van der Waals surface area contributed by atoms with Gasteiger partial charge in [0.25, 0.3) is 0 Å². The molecule has 0 aliphatic heterocycles. The summed E-state index contributed by atoms with van der Waals surface area (Å²) in [5.74, 6) is -0.0435. The van der Waals surface area contributed by atoms with Gasteiger partial charge in [-0.25, -0.2) is 0 Å². The second-order valence-corrected chi connectivity index (χ2v) is 5.18. The molecule has 1 aromatic carbocycles. The zero-order valence-corrected chi connectivity index (χ0v) is 12.8. The van der Waals surface area contributed by atoms with Crippen LogP contribution in [-0.2, 0) is 9.53 Å². The molecule has 20 heavy (non-hydrogen) atoms. The monoisotopic (exact) mass is 279 g/mol. The Labute approximate surface area is 121 Å². The molecule has 0 saturated carbocycles. The highest BCUT2D eigenvalue weighted by Crippen LogP contribution is 2.16. The molecule has 0 aliphatic carbocycles. The first-order chi connectivity index (χ1) is 9.43. The summed E-state index contributed by atoms with van der Waals surface area (Å²) >= 11 is 0. The normalized spacial score (nSPS) is 11.1. The molecule has 5 heteroatoms. The van der Waals surface area contributed by atoms with Gasteiger partial charge in [-0.05, 0) is 38.5 Å². The average molecular weight is 279 g/mol. The van der Waals surface area contributed by atoms with Gasteiger partial charge in [-0.3, -0.25) is 9.69 Å². The van der Waals surface area contributed by atoms with Crippen LogP contribution in [0.15, 0.2) is 18.2 Å². The minimum absolute atomic E-state index is 0.0435. The molecule has 0 radical (unpaired) electrons. The second-order valence-electron chi connectivity index (χ2n) is 5.18. The summed E-state index contributed by atoms with van der Waals surface area (Å²) in [5.41, 5.74) is 8.25. The Morgan fingerprint density at radius 3 is 2.70 bits per heavy atom. The van der Waals surface area contributed by atoms with Crippen LogP contribution in [0, 0.1) is 6.92 Å². The van der Waals surface area contributed by atoms with Gasteiger partial charge in [0, 0.05) is 31.1 Å². The van der Waals surface area contributed by atoms with Crippen molar-refractivity contribution in [1.29, 1.82) is 0 Å². The van der Waals surface area contributed by atoms with Crippen molar-refractivity contribution in [2.45, 2.75) is 26.8 Å². The first-order valence-electron chi connectivity index (χ1n) is 6.83. The quantitative estimate of drug-likeness (QED) is 0.748. The SMILES string of the molecule is COCCN(CC(=O)Nc1ccc(C)c(N)c1)C(C)C. The molecule has 5 nitrogen and oxygen atoms in total. The largest absolute Gasteiger partial charge is 0.398 e. The number of nitrogens with one attached hydrogen (secondary N) is 1. The van der Waals surface area contributed by atoms with Gasteiger partial charge in [0.15, 0.2) is 0 Å². The maximum absolute atomic E-state index is 12.1. The molecule has 0 aromatic heterocycles. The molecule has 0 spiro atoms. The Bertz CT molecular complexity index is 447. The van der Waals surface area contributed by atoms with Gasteiger partial charge >= 0.3 is 0 Å². The molecule has 3 N–H and O–H groups in total. The van der Waals surface area contributed by atoms with Crippen molar-refractivity contribution in [2.24, 2.45) is 0 Å². The molecular weight excluding hydrogens is 254 g/mol. The summed E-state index contributed by atoms with van der Waals surface area (Å²) < 4.78 is 5.06. The van der Waals surface area contributed by atoms with Crippen LogP contribution >= 0.6 is 0 Å². The number of hydrogen-bond acceptors (Lipinski definition) is 4. The van der Waals surface area contributed by atoms with E-state index in [4.69, 9.17) is 10.5 Å². The van der Waals surface area contributed by atoms with E-state index in [0.717, 1.165) is 17.8 Å². The van der Waals surface area contributed by atoms with Crippen molar-refractivity contribution in [3.05, 3.63) is 23.8 Å². The number of nitrogens with two attached hydrogens (primary N) is 1. The summed E-state index contributed by atoms with van der Waals surface area (Å²) in [6.07, 6.45) is 0. The Morgan fingerprint density at radius 2 is 2.15 bits per heavy atom. The first kappa shape index (κ1) is 16.5. The van der Waals surface area contributed by atoms with E-state index in [-0.39, 0.29) is 5.91 Å². The maximum atomic E-state index is 12.1. The van der Waals surface area contributed by atoms with Crippen LogP contribution in [0.25, 0.3) is 0 Å². The van der Waals surface area contributed by atoms with Gasteiger partial charge in [-0.1, -0.05) is 6.07 Å². The van der Waals surface area contributed by atoms with Crippen molar-refractivity contribution in [2.75, 3.05) is 37.9 Å². The fourth-order valence-corrected chi connectivity index (χ4v) is 1.83. The minimum Gasteiger partial charge on any atom is -0.398 e. The lowest BCUT2D eigenvalue weighted by Crippen LogP contribution is -2.40. The predicted molar refractivity (Wildman–Crippen MR) is 82.8 cm³/mol. The zero-order valence-electron chi connectivity index (χ0n) is 12.8. The summed E-state index contributed by atoms with van der Waals surface area (Å²) in [4.78, 5) is 14.1. The van der Waals surface area contributed by atoms with E-state index >= 15 is 0 Å². The third-order valence-electron chi connectivity index (χ3n) is 3.22. The van der Waals surface area contributed by atoms with Crippen LogP contribution in [-0.4, -0.2) is 43.7 Å². The third kappa shape index (κ3) is 5.19. The zero-order chi connectivity index (χ0) is 15.1. The number of carbonyl (C=O) groups is 1. The molecule has 1 rings (SSSR count). The fourth-order valence-electron chi connectivity index (χ4n) is 1.83. The number of aryl methyl sites for hydroxylation is 1. The number of ether oxygens (including phenoxy) is 1. The molecule has 1 aromatic rings. The van der Waals surface area contributed by atoms with Crippen molar-refractivity contribution < 1.29 is 9.53 Å². The lowest BCUT2D eigenvalue weighted by atomic mass is 10.2. The molecule has 1 amide bonds. The van der Waals surface area contributed by atoms with Gasteiger partial charge in [-0.15, -0.1) is 0 Å². The summed E-state index contributed by atoms with van der Waals surface area (Å²) in [5, 5.41) is 2.87. The Balaban J connectivity index is 2.58. The minimum atomic E-state index is -0.0435. The lowest BCUT2D eigenvalue weighted by Gasteiger charge is -2.25. The summed E-state index contributed by atoms with van der Waals surface area (Å²) in [6.45, 7) is 7.75. The molecule has 0 bridgehead atoms. The van der Waals surface area contributed by atoms with Crippen molar-refractivity contribution in [3.8, 4) is 0 Å². The van der Waals surface area contributed by atoms with Crippen LogP contribution in [0.4, 0.5) is 11.4 Å². The highest BCUT2D eigenvalue weighted by Gasteiger charge is 2.14. The molecule has 112 valence electrons. The van der Waals surface area contributed by atoms with E-state index in [1.54, 1.807) is 13.2 Å². The van der Waals surface area contributed by atoms with Crippen molar-refractivity contribution in [3.63, 3.8) is 0 Å². The number of nitrogen functional groups attached to an aromatic ring is 1. The molecule has 0 saturated heterocycles. The van der Waals surface area contributed by atoms with Gasteiger partial charge in [0.05, 0.1) is 13.2 Å². The lowest BCUT2D eigenvalue weighted by molar-refractivity contribution is -0.117. The van der Waals surface area contributed by atoms with E-state index in [1.807, 2.05) is 19.1 Å². The molecular formula is C15H25N3O2. The number of amides is 1. The maximum Gasteiger partial charge on any atom is 0.238 e. The fraction of sp³-hybridized carbons (Fsp3) is 0.533. The van der Waals surface area contributed by atoms with Crippen LogP contribution in [0.2, 0.25) is 0 Å². The number of carbonyl (C=O) groups excluding carboxylic acids is 1. The van der Waals surface area contributed by atoms with E-state index in [9.17, 15) is 4.79 Å². The van der Waals surface area contributed by atoms with Gasteiger partial charge in [0.1, 0.15) is 0 Å². The van der Waals surface area contributed by atoms with Crippen LogP contribution in [0.3, 0.4) is 0 Å². The van der Waals surface area contributed by atoms with Crippen molar-refractivity contribution >= 4 is 17.3 Å². The van der Waals surface area contributed by atoms with Gasteiger partial charge in [0.2, 0.25) is 5.91 Å². The first-order valence-corrected chi connectivity index (χ1v) is 6.83. The highest BCUT2D eigenvalue weighted by atomic mass is 16.5. The molecule has 0 fully saturated rings. The molecule has 0 aliphatic rings. The van der Waals surface area contributed by atoms with Gasteiger partial charge < -0.3 is 15.8 Å². The molecule has 0 atom stereocenters. The number of anilines is 2. The third-order valence-corrected chi connectivity index (χ3v) is 3.22. The molecule has 0 unspecified atom stereocenters. The average Bonchev–Trinajstić information content (AvgIpc) is 2.38. The Hall–Kier alpha value is -1.59. The number of hydrogen-bond donors (Lipinski definition) is 2. The number of benzene rings is 1. The number of nitrogens with zero attached hydrogens (tertiary/aromatic N) is 1.